The van der Waals surface area contributed by atoms with Gasteiger partial charge in [0, 0.05) is 22.6 Å². The fourth-order valence-electron chi connectivity index (χ4n) is 2.51. The van der Waals surface area contributed by atoms with Crippen LogP contribution in [0.4, 0.5) is 11.4 Å². The molecule has 2 aromatic rings. The summed E-state index contributed by atoms with van der Waals surface area (Å²) in [7, 11) is 0. The molecular formula is C18H15N3O5S. The molecule has 8 nitrogen and oxygen atoms in total. The average Bonchev–Trinajstić information content (AvgIpc) is 2.62. The normalized spacial score (nSPS) is 15.4. The Labute approximate surface area is 158 Å². The zero-order chi connectivity index (χ0) is 19.6. The molecular weight excluding hydrogens is 370 g/mol. The molecule has 0 bridgehead atoms. The number of nitrogens with two attached hydrogens (primary N) is 1. The molecule has 138 valence electrons. The summed E-state index contributed by atoms with van der Waals surface area (Å²) in [5.74, 6) is -2.34. The van der Waals surface area contributed by atoms with Crippen LogP contribution in [-0.2, 0) is 9.59 Å². The lowest BCUT2D eigenvalue weighted by Crippen LogP contribution is -2.32. The number of fused-ring (bicyclic) bond motifs is 1. The Morgan fingerprint density at radius 2 is 1.78 bits per heavy atom. The first-order chi connectivity index (χ1) is 12.8. The second-order valence-corrected chi connectivity index (χ2v) is 7.05. The molecule has 3 rings (SSSR count). The highest BCUT2D eigenvalue weighted by Crippen LogP contribution is 2.37. The Hall–Kier alpha value is -3.33. The van der Waals surface area contributed by atoms with Crippen molar-refractivity contribution in [3.63, 3.8) is 0 Å². The van der Waals surface area contributed by atoms with Gasteiger partial charge in [0.15, 0.2) is 0 Å². The van der Waals surface area contributed by atoms with Gasteiger partial charge in [0.05, 0.1) is 16.5 Å². The number of nitrogens with one attached hydrogen (secondary N) is 2. The van der Waals surface area contributed by atoms with Gasteiger partial charge in [-0.3, -0.25) is 14.4 Å². The number of carboxylic acids is 1. The molecule has 1 heterocycles. The maximum Gasteiger partial charge on any atom is 0.335 e. The van der Waals surface area contributed by atoms with Crippen molar-refractivity contribution in [3.8, 4) is 0 Å². The fraction of sp³-hybridized carbons (Fsp3) is 0.111. The van der Waals surface area contributed by atoms with Crippen LogP contribution in [0.3, 0.4) is 0 Å². The van der Waals surface area contributed by atoms with Crippen molar-refractivity contribution in [2.75, 3.05) is 10.6 Å². The molecule has 1 aliphatic rings. The molecule has 0 unspecified atom stereocenters. The summed E-state index contributed by atoms with van der Waals surface area (Å²) in [6, 6.07) is 10.5. The van der Waals surface area contributed by atoms with Crippen LogP contribution in [0.25, 0.3) is 0 Å². The summed E-state index contributed by atoms with van der Waals surface area (Å²) in [6.07, 6.45) is -0.0925. The molecule has 1 atom stereocenters. The number of carbonyl (C=O) groups excluding carboxylic acids is 3. The molecule has 0 aromatic heterocycles. The van der Waals surface area contributed by atoms with Gasteiger partial charge in [0.2, 0.25) is 17.7 Å². The van der Waals surface area contributed by atoms with E-state index in [1.54, 1.807) is 12.1 Å². The molecule has 1 aliphatic heterocycles. The van der Waals surface area contributed by atoms with Crippen molar-refractivity contribution in [1.82, 2.24) is 0 Å². The third-order valence-corrected chi connectivity index (χ3v) is 5.13. The van der Waals surface area contributed by atoms with Crippen LogP contribution in [-0.4, -0.2) is 34.0 Å². The topological polar surface area (TPSA) is 139 Å². The van der Waals surface area contributed by atoms with Crippen molar-refractivity contribution >= 4 is 46.8 Å². The summed E-state index contributed by atoms with van der Waals surface area (Å²) in [6.45, 7) is 0. The van der Waals surface area contributed by atoms with Crippen LogP contribution in [0.1, 0.15) is 27.1 Å². The Morgan fingerprint density at radius 3 is 2.41 bits per heavy atom. The highest BCUT2D eigenvalue weighted by Gasteiger charge is 2.29. The first-order valence-electron chi connectivity index (χ1n) is 7.88. The minimum absolute atomic E-state index is 0.0925. The summed E-state index contributed by atoms with van der Waals surface area (Å²) in [5, 5.41) is 13.7. The van der Waals surface area contributed by atoms with E-state index in [-0.39, 0.29) is 23.8 Å². The lowest BCUT2D eigenvalue weighted by molar-refractivity contribution is -0.120. The summed E-state index contributed by atoms with van der Waals surface area (Å²) < 4.78 is 0. The predicted octanol–water partition coefficient (Wildman–Crippen LogP) is 1.93. The van der Waals surface area contributed by atoms with Crippen molar-refractivity contribution in [2.45, 2.75) is 16.6 Å². The van der Waals surface area contributed by atoms with E-state index in [9.17, 15) is 19.2 Å². The number of benzene rings is 2. The molecule has 0 spiro atoms. The van der Waals surface area contributed by atoms with Crippen LogP contribution in [0, 0.1) is 0 Å². The molecule has 27 heavy (non-hydrogen) atoms. The van der Waals surface area contributed by atoms with Gasteiger partial charge >= 0.3 is 5.97 Å². The number of rotatable bonds is 5. The number of aromatic carboxylic acids is 1. The van der Waals surface area contributed by atoms with Crippen molar-refractivity contribution in [1.29, 1.82) is 0 Å². The van der Waals surface area contributed by atoms with E-state index in [2.05, 4.69) is 10.6 Å². The van der Waals surface area contributed by atoms with Gasteiger partial charge in [0.1, 0.15) is 0 Å². The maximum absolute atomic E-state index is 12.2. The maximum atomic E-state index is 12.2. The van der Waals surface area contributed by atoms with E-state index in [0.29, 0.717) is 21.8 Å². The molecule has 0 saturated heterocycles. The molecule has 3 amide bonds. The van der Waals surface area contributed by atoms with E-state index in [1.165, 1.54) is 30.3 Å². The molecule has 0 radical (unpaired) electrons. The monoisotopic (exact) mass is 385 g/mol. The Balaban J connectivity index is 1.67. The van der Waals surface area contributed by atoms with Crippen LogP contribution in [0.2, 0.25) is 0 Å². The van der Waals surface area contributed by atoms with Crippen molar-refractivity contribution < 1.29 is 24.3 Å². The Kier molecular flexibility index (Phi) is 5.13. The Morgan fingerprint density at radius 1 is 1.11 bits per heavy atom. The number of amides is 3. The molecule has 2 aromatic carbocycles. The average molecular weight is 385 g/mol. The van der Waals surface area contributed by atoms with Gasteiger partial charge in [-0.1, -0.05) is 0 Å². The molecule has 0 aliphatic carbocycles. The van der Waals surface area contributed by atoms with Gasteiger partial charge in [-0.15, -0.1) is 11.8 Å². The molecule has 9 heteroatoms. The van der Waals surface area contributed by atoms with E-state index in [1.807, 2.05) is 0 Å². The lowest BCUT2D eigenvalue weighted by atomic mass is 10.2. The second-order valence-electron chi connectivity index (χ2n) is 5.81. The van der Waals surface area contributed by atoms with Crippen LogP contribution < -0.4 is 16.4 Å². The summed E-state index contributed by atoms with van der Waals surface area (Å²) >= 11 is 1.14. The molecule has 5 N–H and O–H groups in total. The first-order valence-corrected chi connectivity index (χ1v) is 8.76. The van der Waals surface area contributed by atoms with Gasteiger partial charge < -0.3 is 21.5 Å². The zero-order valence-corrected chi connectivity index (χ0v) is 14.7. The number of carboxylic acid groups (broad SMARTS) is 1. The predicted molar refractivity (Wildman–Crippen MR) is 99.9 cm³/mol. The van der Waals surface area contributed by atoms with Crippen molar-refractivity contribution in [3.05, 3.63) is 53.6 Å². The number of anilines is 2. The number of thioether (sulfide) groups is 1. The molecule has 0 fully saturated rings. The van der Waals surface area contributed by atoms with E-state index in [4.69, 9.17) is 10.8 Å². The quantitative estimate of drug-likeness (QED) is 0.620. The van der Waals surface area contributed by atoms with E-state index >= 15 is 0 Å². The minimum atomic E-state index is -1.07. The van der Waals surface area contributed by atoms with Gasteiger partial charge in [-0.25, -0.2) is 4.79 Å². The standard InChI is InChI=1S/C18H15N3O5S/c19-16(23)9-1-4-11(5-2-9)20-15(22)8-14-17(24)21-12-6-3-10(18(25)26)7-13(12)27-14/h1-7,14H,8H2,(H2,19,23)(H,20,22)(H,21,24)(H,25,26)/t14-/m1/s1. The number of primary amides is 1. The number of hydrogen-bond donors (Lipinski definition) is 4. The number of hydrogen-bond acceptors (Lipinski definition) is 5. The smallest absolute Gasteiger partial charge is 0.335 e. The zero-order valence-electron chi connectivity index (χ0n) is 13.9. The number of carbonyl (C=O) groups is 4. The van der Waals surface area contributed by atoms with Crippen LogP contribution in [0.5, 0.6) is 0 Å². The SMILES string of the molecule is NC(=O)c1ccc(NC(=O)C[C@H]2Sc3cc(C(=O)O)ccc3NC2=O)cc1. The largest absolute Gasteiger partial charge is 0.478 e. The summed E-state index contributed by atoms with van der Waals surface area (Å²) in [4.78, 5) is 47.2. The van der Waals surface area contributed by atoms with Crippen LogP contribution in [0.15, 0.2) is 47.4 Å². The lowest BCUT2D eigenvalue weighted by Gasteiger charge is -2.24. The fourth-order valence-corrected chi connectivity index (χ4v) is 3.66. The van der Waals surface area contributed by atoms with E-state index < -0.39 is 17.1 Å². The van der Waals surface area contributed by atoms with Gasteiger partial charge in [-0.2, -0.15) is 0 Å². The third-order valence-electron chi connectivity index (χ3n) is 3.87. The molecule has 0 saturated carbocycles. The van der Waals surface area contributed by atoms with Gasteiger partial charge in [-0.05, 0) is 42.5 Å². The van der Waals surface area contributed by atoms with Crippen molar-refractivity contribution in [2.24, 2.45) is 5.73 Å². The highest BCUT2D eigenvalue weighted by molar-refractivity contribution is 8.01. The van der Waals surface area contributed by atoms with Crippen LogP contribution >= 0.6 is 11.8 Å². The highest BCUT2D eigenvalue weighted by atomic mass is 32.2. The Bertz CT molecular complexity index is 943. The summed E-state index contributed by atoms with van der Waals surface area (Å²) in [5.41, 5.74) is 6.58. The van der Waals surface area contributed by atoms with Gasteiger partial charge in [0.25, 0.3) is 0 Å². The van der Waals surface area contributed by atoms with E-state index in [0.717, 1.165) is 11.8 Å². The second kappa shape index (κ2) is 7.50. The third kappa shape index (κ3) is 4.26. The minimum Gasteiger partial charge on any atom is -0.478 e. The first kappa shape index (κ1) is 18.5.